The van der Waals surface area contributed by atoms with Crippen LogP contribution >= 0.6 is 23.5 Å². The number of alkyl halides is 3. The summed E-state index contributed by atoms with van der Waals surface area (Å²) in [5.74, 6) is 1.13. The lowest BCUT2D eigenvalue weighted by Gasteiger charge is -2.13. The van der Waals surface area contributed by atoms with E-state index < -0.39 is 5.51 Å². The third kappa shape index (κ3) is 10.5. The number of rotatable bonds is 7. The molecule has 0 aliphatic carbocycles. The molecule has 0 aliphatic heterocycles. The maximum absolute atomic E-state index is 11.7. The largest absolute Gasteiger partial charge is 0.441 e. The first kappa shape index (κ1) is 14.5. The SMILES string of the molecule is CSCCC(C)NCCSC(F)(F)F. The van der Waals surface area contributed by atoms with Gasteiger partial charge in [-0.2, -0.15) is 24.9 Å². The van der Waals surface area contributed by atoms with Gasteiger partial charge < -0.3 is 5.32 Å². The van der Waals surface area contributed by atoms with Gasteiger partial charge in [-0.1, -0.05) is 0 Å². The van der Waals surface area contributed by atoms with Gasteiger partial charge in [-0.3, -0.25) is 0 Å². The van der Waals surface area contributed by atoms with Gasteiger partial charge in [-0.25, -0.2) is 0 Å². The topological polar surface area (TPSA) is 12.0 Å². The maximum Gasteiger partial charge on any atom is 0.441 e. The van der Waals surface area contributed by atoms with Gasteiger partial charge >= 0.3 is 5.51 Å². The van der Waals surface area contributed by atoms with Crippen LogP contribution in [0.1, 0.15) is 13.3 Å². The van der Waals surface area contributed by atoms with Crippen molar-refractivity contribution < 1.29 is 13.2 Å². The van der Waals surface area contributed by atoms with Crippen molar-refractivity contribution in [3.63, 3.8) is 0 Å². The van der Waals surface area contributed by atoms with Gasteiger partial charge in [0.25, 0.3) is 0 Å². The van der Waals surface area contributed by atoms with E-state index in [1.54, 1.807) is 11.8 Å². The standard InChI is InChI=1S/C8H16F3NS2/c1-7(3-5-13-2)12-4-6-14-8(9,10)11/h7,12H,3-6H2,1-2H3. The molecule has 14 heavy (non-hydrogen) atoms. The Morgan fingerprint density at radius 2 is 1.93 bits per heavy atom. The average Bonchev–Trinajstić information content (AvgIpc) is 2.07. The number of nitrogens with one attached hydrogen (secondary N) is 1. The van der Waals surface area contributed by atoms with Crippen molar-refractivity contribution >= 4 is 23.5 Å². The van der Waals surface area contributed by atoms with Crippen LogP contribution in [0.4, 0.5) is 13.2 Å². The van der Waals surface area contributed by atoms with Crippen molar-refractivity contribution in [2.45, 2.75) is 24.9 Å². The fourth-order valence-electron chi connectivity index (χ4n) is 0.869. The Bertz CT molecular complexity index is 141. The molecular weight excluding hydrogens is 231 g/mol. The Labute approximate surface area is 91.6 Å². The molecule has 0 aromatic rings. The van der Waals surface area contributed by atoms with Crippen LogP contribution in [0.2, 0.25) is 0 Å². The highest BCUT2D eigenvalue weighted by Gasteiger charge is 2.27. The van der Waals surface area contributed by atoms with Crippen LogP contribution in [0.3, 0.4) is 0 Å². The van der Waals surface area contributed by atoms with Crippen molar-refractivity contribution in [1.29, 1.82) is 0 Å². The molecule has 0 aromatic carbocycles. The van der Waals surface area contributed by atoms with E-state index in [0.29, 0.717) is 12.6 Å². The lowest BCUT2D eigenvalue weighted by molar-refractivity contribution is -0.0327. The van der Waals surface area contributed by atoms with E-state index in [0.717, 1.165) is 12.2 Å². The van der Waals surface area contributed by atoms with Gasteiger partial charge in [-0.15, -0.1) is 0 Å². The molecule has 1 nitrogen and oxygen atoms in total. The summed E-state index contributed by atoms with van der Waals surface area (Å²) >= 11 is 1.78. The van der Waals surface area contributed by atoms with Crippen LogP contribution < -0.4 is 5.32 Å². The Hall–Kier alpha value is 0.450. The van der Waals surface area contributed by atoms with Crippen LogP contribution in [0, 0.1) is 0 Å². The van der Waals surface area contributed by atoms with E-state index in [9.17, 15) is 13.2 Å². The zero-order chi connectivity index (χ0) is 11.0. The fraction of sp³-hybridized carbons (Fsp3) is 1.00. The molecule has 6 heteroatoms. The highest BCUT2D eigenvalue weighted by molar-refractivity contribution is 8.00. The third-order valence-electron chi connectivity index (χ3n) is 1.62. The predicted molar refractivity (Wildman–Crippen MR) is 59.0 cm³/mol. The molecule has 0 saturated carbocycles. The summed E-state index contributed by atoms with van der Waals surface area (Å²) in [6.45, 7) is 2.41. The number of halogens is 3. The van der Waals surface area contributed by atoms with Crippen LogP contribution in [0.15, 0.2) is 0 Å². The Balaban J connectivity index is 3.27. The minimum Gasteiger partial charge on any atom is -0.313 e. The first-order chi connectivity index (χ1) is 6.45. The average molecular weight is 247 g/mol. The summed E-state index contributed by atoms with van der Waals surface area (Å²) in [5.41, 5.74) is -4.09. The molecule has 1 unspecified atom stereocenters. The van der Waals surface area contributed by atoms with Crippen LogP contribution in [0.5, 0.6) is 0 Å². The second-order valence-electron chi connectivity index (χ2n) is 2.93. The molecule has 0 saturated heterocycles. The normalized spacial score (nSPS) is 14.4. The van der Waals surface area contributed by atoms with E-state index in [2.05, 4.69) is 5.32 Å². The Kier molecular flexibility index (Phi) is 7.95. The van der Waals surface area contributed by atoms with Crippen molar-refractivity contribution in [2.24, 2.45) is 0 Å². The highest BCUT2D eigenvalue weighted by Crippen LogP contribution is 2.29. The van der Waals surface area contributed by atoms with E-state index in [1.807, 2.05) is 13.2 Å². The first-order valence-corrected chi connectivity index (χ1v) is 6.76. The van der Waals surface area contributed by atoms with E-state index in [-0.39, 0.29) is 17.5 Å². The van der Waals surface area contributed by atoms with E-state index in [4.69, 9.17) is 0 Å². The summed E-state index contributed by atoms with van der Waals surface area (Å²) in [5, 5.41) is 3.06. The minimum absolute atomic E-state index is 0.0317. The van der Waals surface area contributed by atoms with Crippen molar-refractivity contribution in [3.8, 4) is 0 Å². The lowest BCUT2D eigenvalue weighted by Crippen LogP contribution is -2.29. The molecule has 0 aromatic heterocycles. The molecular formula is C8H16F3NS2. The second kappa shape index (κ2) is 7.70. The lowest BCUT2D eigenvalue weighted by atomic mass is 10.3. The van der Waals surface area contributed by atoms with Crippen LogP contribution in [0.25, 0.3) is 0 Å². The third-order valence-corrected chi connectivity index (χ3v) is 3.00. The summed E-state index contributed by atoms with van der Waals surface area (Å²) in [6, 6.07) is 0.302. The quantitative estimate of drug-likeness (QED) is 0.695. The summed E-state index contributed by atoms with van der Waals surface area (Å²) in [6.07, 6.45) is 3.02. The molecule has 0 spiro atoms. The van der Waals surface area contributed by atoms with Crippen molar-refractivity contribution in [3.05, 3.63) is 0 Å². The number of thioether (sulfide) groups is 2. The first-order valence-electron chi connectivity index (χ1n) is 4.38. The van der Waals surface area contributed by atoms with Gasteiger partial charge in [-0.05, 0) is 37.1 Å². The smallest absolute Gasteiger partial charge is 0.313 e. The van der Waals surface area contributed by atoms with E-state index in [1.165, 1.54) is 0 Å². The Morgan fingerprint density at radius 3 is 2.43 bits per heavy atom. The van der Waals surface area contributed by atoms with Gasteiger partial charge in [0, 0.05) is 18.3 Å². The molecule has 0 amide bonds. The second-order valence-corrected chi connectivity index (χ2v) is 5.08. The van der Waals surface area contributed by atoms with Gasteiger partial charge in [0.2, 0.25) is 0 Å². The number of hydrogen-bond acceptors (Lipinski definition) is 3. The van der Waals surface area contributed by atoms with Crippen molar-refractivity contribution in [2.75, 3.05) is 24.3 Å². The molecule has 1 atom stereocenters. The Morgan fingerprint density at radius 1 is 1.29 bits per heavy atom. The van der Waals surface area contributed by atoms with Gasteiger partial charge in [0.1, 0.15) is 0 Å². The molecule has 0 rings (SSSR count). The maximum atomic E-state index is 11.7. The molecule has 0 bridgehead atoms. The summed E-state index contributed by atoms with van der Waals surface area (Å²) < 4.78 is 35.1. The van der Waals surface area contributed by atoms with Crippen molar-refractivity contribution in [1.82, 2.24) is 5.32 Å². The minimum atomic E-state index is -4.09. The summed E-state index contributed by atoms with van der Waals surface area (Å²) in [7, 11) is 0. The zero-order valence-corrected chi connectivity index (χ0v) is 9.99. The highest BCUT2D eigenvalue weighted by atomic mass is 32.2. The fourth-order valence-corrected chi connectivity index (χ4v) is 1.91. The van der Waals surface area contributed by atoms with Crippen LogP contribution in [-0.4, -0.2) is 35.9 Å². The molecule has 0 fully saturated rings. The molecule has 0 radical (unpaired) electrons. The number of hydrogen-bond donors (Lipinski definition) is 1. The predicted octanol–water partition coefficient (Wildman–Crippen LogP) is 2.97. The molecule has 0 aliphatic rings. The van der Waals surface area contributed by atoms with Gasteiger partial charge in [0.05, 0.1) is 0 Å². The monoisotopic (exact) mass is 247 g/mol. The molecule has 0 heterocycles. The zero-order valence-electron chi connectivity index (χ0n) is 8.36. The molecule has 86 valence electrons. The summed E-state index contributed by atoms with van der Waals surface area (Å²) in [4.78, 5) is 0. The van der Waals surface area contributed by atoms with Crippen LogP contribution in [-0.2, 0) is 0 Å². The van der Waals surface area contributed by atoms with Gasteiger partial charge in [0.15, 0.2) is 0 Å². The molecule has 1 N–H and O–H groups in total. The van der Waals surface area contributed by atoms with E-state index >= 15 is 0 Å².